The van der Waals surface area contributed by atoms with E-state index in [4.69, 9.17) is 14.2 Å². The van der Waals surface area contributed by atoms with Crippen LogP contribution in [-0.4, -0.2) is 36.4 Å². The van der Waals surface area contributed by atoms with Crippen molar-refractivity contribution in [3.8, 4) is 0 Å². The average Bonchev–Trinajstić information content (AvgIpc) is 2.72. The summed E-state index contributed by atoms with van der Waals surface area (Å²) in [6.07, 6.45) is 3.76. The van der Waals surface area contributed by atoms with Crippen LogP contribution in [0.5, 0.6) is 0 Å². The second-order valence-corrected chi connectivity index (χ2v) is 6.45. The second-order valence-electron chi connectivity index (χ2n) is 6.45. The summed E-state index contributed by atoms with van der Waals surface area (Å²) < 4.78 is 17.1. The van der Waals surface area contributed by atoms with E-state index in [0.717, 1.165) is 31.4 Å². The molecule has 0 radical (unpaired) electrons. The SMILES string of the molecule is CC(OCC1CCCCO1)C(=O)OC(c1ccccc1)c1ccccn1. The Balaban J connectivity index is 1.63. The number of carbonyl (C=O) groups is 1. The molecule has 0 bridgehead atoms. The predicted octanol–water partition coefficient (Wildman–Crippen LogP) is 3.69. The van der Waals surface area contributed by atoms with Gasteiger partial charge in [-0.3, -0.25) is 4.98 Å². The molecule has 3 atom stereocenters. The highest BCUT2D eigenvalue weighted by Gasteiger charge is 2.25. The van der Waals surface area contributed by atoms with E-state index in [-0.39, 0.29) is 6.10 Å². The van der Waals surface area contributed by atoms with E-state index in [0.29, 0.717) is 12.3 Å². The molecule has 0 saturated carbocycles. The van der Waals surface area contributed by atoms with Crippen LogP contribution >= 0.6 is 0 Å². The van der Waals surface area contributed by atoms with Gasteiger partial charge in [-0.05, 0) is 43.9 Å². The van der Waals surface area contributed by atoms with Crippen LogP contribution in [-0.2, 0) is 19.0 Å². The number of aromatic nitrogens is 1. The highest BCUT2D eigenvalue weighted by atomic mass is 16.6. The average molecular weight is 355 g/mol. The van der Waals surface area contributed by atoms with Gasteiger partial charge in [0.15, 0.2) is 12.2 Å². The number of benzene rings is 1. The molecule has 5 heteroatoms. The van der Waals surface area contributed by atoms with Gasteiger partial charge in [0.05, 0.1) is 18.4 Å². The van der Waals surface area contributed by atoms with Crippen LogP contribution in [0.15, 0.2) is 54.7 Å². The zero-order chi connectivity index (χ0) is 18.2. The Morgan fingerprint density at radius 2 is 2.00 bits per heavy atom. The Bertz CT molecular complexity index is 631. The summed E-state index contributed by atoms with van der Waals surface area (Å²) in [7, 11) is 0. The van der Waals surface area contributed by atoms with Gasteiger partial charge in [-0.25, -0.2) is 4.79 Å². The molecule has 1 aliphatic heterocycles. The van der Waals surface area contributed by atoms with E-state index in [1.165, 1.54) is 0 Å². The topological polar surface area (TPSA) is 57.7 Å². The molecular formula is C21H25NO4. The molecule has 0 aliphatic carbocycles. The van der Waals surface area contributed by atoms with Crippen LogP contribution < -0.4 is 0 Å². The maximum Gasteiger partial charge on any atom is 0.335 e. The molecule has 138 valence electrons. The molecule has 2 aromatic rings. The molecule has 3 unspecified atom stereocenters. The number of carbonyl (C=O) groups excluding carboxylic acids is 1. The summed E-state index contributed by atoms with van der Waals surface area (Å²) >= 11 is 0. The van der Waals surface area contributed by atoms with Crippen molar-refractivity contribution in [2.45, 2.75) is 44.5 Å². The lowest BCUT2D eigenvalue weighted by Crippen LogP contribution is -2.31. The summed E-state index contributed by atoms with van der Waals surface area (Å²) in [5.74, 6) is -0.402. The lowest BCUT2D eigenvalue weighted by molar-refractivity contribution is -0.163. The highest BCUT2D eigenvalue weighted by molar-refractivity contribution is 5.74. The van der Waals surface area contributed by atoms with Gasteiger partial charge in [-0.15, -0.1) is 0 Å². The Morgan fingerprint density at radius 1 is 1.19 bits per heavy atom. The molecule has 3 rings (SSSR count). The predicted molar refractivity (Wildman–Crippen MR) is 97.6 cm³/mol. The van der Waals surface area contributed by atoms with E-state index < -0.39 is 18.2 Å². The van der Waals surface area contributed by atoms with Gasteiger partial charge in [-0.1, -0.05) is 36.4 Å². The summed E-state index contributed by atoms with van der Waals surface area (Å²) in [6.45, 7) is 2.89. The number of nitrogens with zero attached hydrogens (tertiary/aromatic N) is 1. The molecule has 0 amide bonds. The number of pyridine rings is 1. The van der Waals surface area contributed by atoms with Gasteiger partial charge in [0.25, 0.3) is 0 Å². The van der Waals surface area contributed by atoms with Crippen LogP contribution in [0.3, 0.4) is 0 Å². The highest BCUT2D eigenvalue weighted by Crippen LogP contribution is 2.25. The smallest absolute Gasteiger partial charge is 0.335 e. The molecule has 1 aliphatic rings. The minimum absolute atomic E-state index is 0.0692. The van der Waals surface area contributed by atoms with Crippen LogP contribution in [0.2, 0.25) is 0 Å². The molecule has 1 aromatic carbocycles. The molecular weight excluding hydrogens is 330 g/mol. The number of hydrogen-bond donors (Lipinski definition) is 0. The molecule has 1 saturated heterocycles. The van der Waals surface area contributed by atoms with E-state index >= 15 is 0 Å². The zero-order valence-corrected chi connectivity index (χ0v) is 15.0. The Kier molecular flexibility index (Phi) is 6.75. The van der Waals surface area contributed by atoms with Gasteiger partial charge in [0.1, 0.15) is 0 Å². The lowest BCUT2D eigenvalue weighted by atomic mass is 10.1. The standard InChI is InChI=1S/C21H25NO4/c1-16(25-15-18-11-6-8-14-24-18)21(23)26-20(17-9-3-2-4-10-17)19-12-5-7-13-22-19/h2-5,7,9-10,12-13,16,18,20H,6,8,11,14-15H2,1H3. The van der Waals surface area contributed by atoms with E-state index in [1.54, 1.807) is 13.1 Å². The monoisotopic (exact) mass is 355 g/mol. The normalized spacial score (nSPS) is 19.5. The third kappa shape index (κ3) is 5.13. The maximum atomic E-state index is 12.6. The zero-order valence-electron chi connectivity index (χ0n) is 15.0. The molecule has 2 heterocycles. The molecule has 1 aromatic heterocycles. The molecule has 5 nitrogen and oxygen atoms in total. The van der Waals surface area contributed by atoms with Crippen molar-refractivity contribution in [3.63, 3.8) is 0 Å². The summed E-state index contributed by atoms with van der Waals surface area (Å²) in [4.78, 5) is 16.9. The largest absolute Gasteiger partial charge is 0.449 e. The van der Waals surface area contributed by atoms with Gasteiger partial charge >= 0.3 is 5.97 Å². The molecule has 26 heavy (non-hydrogen) atoms. The fourth-order valence-corrected chi connectivity index (χ4v) is 2.93. The van der Waals surface area contributed by atoms with E-state index in [1.807, 2.05) is 48.5 Å². The minimum atomic E-state index is -0.657. The van der Waals surface area contributed by atoms with Gasteiger partial charge < -0.3 is 14.2 Å². The van der Waals surface area contributed by atoms with Crippen molar-refractivity contribution >= 4 is 5.97 Å². The summed E-state index contributed by atoms with van der Waals surface area (Å²) in [5.41, 5.74) is 1.57. The van der Waals surface area contributed by atoms with Crippen LogP contribution in [0.1, 0.15) is 43.5 Å². The first-order valence-electron chi connectivity index (χ1n) is 9.13. The van der Waals surface area contributed by atoms with Crippen molar-refractivity contribution in [1.29, 1.82) is 0 Å². The Hall–Kier alpha value is -2.24. The first-order valence-corrected chi connectivity index (χ1v) is 9.13. The van der Waals surface area contributed by atoms with Crippen LogP contribution in [0.25, 0.3) is 0 Å². The number of ether oxygens (including phenoxy) is 3. The van der Waals surface area contributed by atoms with Gasteiger partial charge in [-0.2, -0.15) is 0 Å². The van der Waals surface area contributed by atoms with Gasteiger partial charge in [0.2, 0.25) is 0 Å². The number of esters is 1. The quantitative estimate of drug-likeness (QED) is 0.709. The molecule has 0 N–H and O–H groups in total. The molecule has 1 fully saturated rings. The fraction of sp³-hybridized carbons (Fsp3) is 0.429. The summed E-state index contributed by atoms with van der Waals surface area (Å²) in [6, 6.07) is 15.2. The first kappa shape index (κ1) is 18.5. The maximum absolute atomic E-state index is 12.6. The molecule has 0 spiro atoms. The van der Waals surface area contributed by atoms with Gasteiger partial charge in [0, 0.05) is 12.8 Å². The number of rotatable bonds is 7. The number of hydrogen-bond acceptors (Lipinski definition) is 5. The van der Waals surface area contributed by atoms with Crippen LogP contribution in [0.4, 0.5) is 0 Å². The first-order chi connectivity index (χ1) is 12.7. The minimum Gasteiger partial charge on any atom is -0.449 e. The third-order valence-corrected chi connectivity index (χ3v) is 4.43. The fourth-order valence-electron chi connectivity index (χ4n) is 2.93. The van der Waals surface area contributed by atoms with Crippen molar-refractivity contribution < 1.29 is 19.0 Å². The Labute approximate surface area is 154 Å². The Morgan fingerprint density at radius 3 is 2.69 bits per heavy atom. The van der Waals surface area contributed by atoms with Crippen molar-refractivity contribution in [2.24, 2.45) is 0 Å². The van der Waals surface area contributed by atoms with Crippen molar-refractivity contribution in [1.82, 2.24) is 4.98 Å². The van der Waals surface area contributed by atoms with Crippen molar-refractivity contribution in [3.05, 3.63) is 66.0 Å². The second kappa shape index (κ2) is 9.46. The van der Waals surface area contributed by atoms with E-state index in [9.17, 15) is 4.79 Å². The summed E-state index contributed by atoms with van der Waals surface area (Å²) in [5, 5.41) is 0. The lowest BCUT2D eigenvalue weighted by Gasteiger charge is -2.24. The van der Waals surface area contributed by atoms with Crippen LogP contribution in [0, 0.1) is 0 Å². The third-order valence-electron chi connectivity index (χ3n) is 4.43. The van der Waals surface area contributed by atoms with E-state index in [2.05, 4.69) is 4.98 Å². The van der Waals surface area contributed by atoms with Crippen molar-refractivity contribution in [2.75, 3.05) is 13.2 Å².